The maximum absolute atomic E-state index is 4.44. The van der Waals surface area contributed by atoms with Crippen LogP contribution in [0.15, 0.2) is 6.33 Å². The summed E-state index contributed by atoms with van der Waals surface area (Å²) in [5, 5.41) is 0. The highest BCUT2D eigenvalue weighted by Gasteiger charge is 2.18. The van der Waals surface area contributed by atoms with Crippen molar-refractivity contribution in [2.75, 3.05) is 18.5 Å². The van der Waals surface area contributed by atoms with Gasteiger partial charge in [0.05, 0.1) is 0 Å². The van der Waals surface area contributed by atoms with Gasteiger partial charge < -0.3 is 4.90 Å². The summed E-state index contributed by atoms with van der Waals surface area (Å²) >= 11 is 3.58. The summed E-state index contributed by atoms with van der Waals surface area (Å²) < 4.78 is 0. The Balaban J connectivity index is 2.26. The number of hydrogen-bond donors (Lipinski definition) is 0. The predicted octanol–water partition coefficient (Wildman–Crippen LogP) is 2.58. The monoisotopic (exact) mass is 283 g/mol. The van der Waals surface area contributed by atoms with Crippen molar-refractivity contribution in [1.29, 1.82) is 0 Å². The predicted molar refractivity (Wildman–Crippen MR) is 70.3 cm³/mol. The van der Waals surface area contributed by atoms with E-state index in [0.29, 0.717) is 4.83 Å². The average Bonchev–Trinajstić information content (AvgIpc) is 2.27. The van der Waals surface area contributed by atoms with Crippen molar-refractivity contribution in [2.24, 2.45) is 0 Å². The number of fused-ring (bicyclic) bond motifs is 1. The fourth-order valence-corrected chi connectivity index (χ4v) is 2.73. The molecule has 0 aromatic carbocycles. The molecule has 2 rings (SSSR count). The Labute approximate surface area is 105 Å². The second-order valence-corrected chi connectivity index (χ2v) is 6.05. The van der Waals surface area contributed by atoms with Crippen molar-refractivity contribution in [3.63, 3.8) is 0 Å². The van der Waals surface area contributed by atoms with E-state index in [-0.39, 0.29) is 0 Å². The molecule has 0 saturated carbocycles. The first-order valence-electron chi connectivity index (χ1n) is 5.86. The molecule has 0 N–H and O–H groups in total. The summed E-state index contributed by atoms with van der Waals surface area (Å²) in [5.74, 6) is 1.12. The smallest absolute Gasteiger partial charge is 0.135 e. The van der Waals surface area contributed by atoms with Gasteiger partial charge in [0, 0.05) is 29.7 Å². The molecule has 0 radical (unpaired) electrons. The number of alkyl halides is 1. The highest BCUT2D eigenvalue weighted by molar-refractivity contribution is 9.09. The van der Waals surface area contributed by atoms with Crippen LogP contribution in [0.5, 0.6) is 0 Å². The molecule has 0 amide bonds. The summed E-state index contributed by atoms with van der Waals surface area (Å²) in [4.78, 5) is 11.5. The lowest BCUT2D eigenvalue weighted by atomic mass is 9.96. The van der Waals surface area contributed by atoms with Gasteiger partial charge in [0.25, 0.3) is 0 Å². The van der Waals surface area contributed by atoms with Crippen molar-refractivity contribution in [1.82, 2.24) is 9.97 Å². The third kappa shape index (κ3) is 2.54. The van der Waals surface area contributed by atoms with Gasteiger partial charge in [-0.15, -0.1) is 0 Å². The van der Waals surface area contributed by atoms with E-state index in [1.807, 2.05) is 0 Å². The van der Waals surface area contributed by atoms with E-state index in [1.54, 1.807) is 6.33 Å². The van der Waals surface area contributed by atoms with E-state index < -0.39 is 0 Å². The minimum Gasteiger partial charge on any atom is -0.358 e. The van der Waals surface area contributed by atoms with Crippen LogP contribution in [-0.4, -0.2) is 28.4 Å². The molecule has 1 aliphatic carbocycles. The first kappa shape index (κ1) is 11.8. The SMILES string of the molecule is CC(Br)CN(C)c1ncnc2c1CCCC2. The molecule has 0 spiro atoms. The van der Waals surface area contributed by atoms with Crippen LogP contribution in [0.2, 0.25) is 0 Å². The van der Waals surface area contributed by atoms with Gasteiger partial charge in [-0.1, -0.05) is 22.9 Å². The number of aryl methyl sites for hydroxylation is 1. The first-order chi connectivity index (χ1) is 7.68. The van der Waals surface area contributed by atoms with Gasteiger partial charge in [-0.25, -0.2) is 9.97 Å². The van der Waals surface area contributed by atoms with Crippen LogP contribution in [0.4, 0.5) is 5.82 Å². The Morgan fingerprint density at radius 1 is 1.38 bits per heavy atom. The van der Waals surface area contributed by atoms with Crippen LogP contribution in [0, 0.1) is 0 Å². The summed E-state index contributed by atoms with van der Waals surface area (Å²) in [5.41, 5.74) is 2.62. The second-order valence-electron chi connectivity index (χ2n) is 4.49. The standard InChI is InChI=1S/C12H18BrN3/c1-9(13)7-16(2)12-10-5-3-4-6-11(10)14-8-15-12/h8-9H,3-7H2,1-2H3. The zero-order chi connectivity index (χ0) is 11.5. The molecule has 3 nitrogen and oxygen atoms in total. The molecule has 1 aromatic heterocycles. The fraction of sp³-hybridized carbons (Fsp3) is 0.667. The minimum atomic E-state index is 0.478. The molecule has 1 aromatic rings. The molecule has 1 atom stereocenters. The topological polar surface area (TPSA) is 29.0 Å². The van der Waals surface area contributed by atoms with E-state index in [4.69, 9.17) is 0 Å². The van der Waals surface area contributed by atoms with Crippen LogP contribution in [0.3, 0.4) is 0 Å². The van der Waals surface area contributed by atoms with Gasteiger partial charge in [-0.2, -0.15) is 0 Å². The van der Waals surface area contributed by atoms with Gasteiger partial charge in [-0.05, 0) is 25.7 Å². The van der Waals surface area contributed by atoms with E-state index in [0.717, 1.165) is 25.2 Å². The zero-order valence-electron chi connectivity index (χ0n) is 9.91. The highest BCUT2D eigenvalue weighted by atomic mass is 79.9. The van der Waals surface area contributed by atoms with Gasteiger partial charge in [-0.3, -0.25) is 0 Å². The third-order valence-electron chi connectivity index (χ3n) is 2.99. The average molecular weight is 284 g/mol. The molecule has 4 heteroatoms. The third-order valence-corrected chi connectivity index (χ3v) is 3.28. The summed E-state index contributed by atoms with van der Waals surface area (Å²) in [6.45, 7) is 3.13. The summed E-state index contributed by atoms with van der Waals surface area (Å²) in [6.07, 6.45) is 6.48. The lowest BCUT2D eigenvalue weighted by Gasteiger charge is -2.25. The van der Waals surface area contributed by atoms with Gasteiger partial charge in [0.2, 0.25) is 0 Å². The molecular formula is C12H18BrN3. The number of anilines is 1. The quantitative estimate of drug-likeness (QED) is 0.799. The van der Waals surface area contributed by atoms with E-state index in [1.165, 1.54) is 24.1 Å². The zero-order valence-corrected chi connectivity index (χ0v) is 11.5. The van der Waals surface area contributed by atoms with Crippen LogP contribution in [-0.2, 0) is 12.8 Å². The van der Waals surface area contributed by atoms with Gasteiger partial charge in [0.15, 0.2) is 0 Å². The van der Waals surface area contributed by atoms with E-state index in [9.17, 15) is 0 Å². The first-order valence-corrected chi connectivity index (χ1v) is 6.78. The maximum atomic E-state index is 4.44. The molecule has 1 heterocycles. The maximum Gasteiger partial charge on any atom is 0.135 e. The minimum absolute atomic E-state index is 0.478. The normalized spacial score (nSPS) is 16.7. The molecule has 1 unspecified atom stereocenters. The van der Waals surface area contributed by atoms with E-state index in [2.05, 4.69) is 44.8 Å². The molecule has 88 valence electrons. The number of nitrogens with zero attached hydrogens (tertiary/aromatic N) is 3. The largest absolute Gasteiger partial charge is 0.358 e. The highest BCUT2D eigenvalue weighted by Crippen LogP contribution is 2.26. The molecule has 0 saturated heterocycles. The summed E-state index contributed by atoms with van der Waals surface area (Å²) in [7, 11) is 2.11. The number of halogens is 1. The summed E-state index contributed by atoms with van der Waals surface area (Å²) in [6, 6.07) is 0. The lowest BCUT2D eigenvalue weighted by molar-refractivity contribution is 0.658. The molecule has 16 heavy (non-hydrogen) atoms. The van der Waals surface area contributed by atoms with Crippen molar-refractivity contribution in [3.05, 3.63) is 17.6 Å². The number of hydrogen-bond acceptors (Lipinski definition) is 3. The molecule has 0 aliphatic heterocycles. The van der Waals surface area contributed by atoms with Crippen LogP contribution >= 0.6 is 15.9 Å². The molecule has 0 fully saturated rings. The Kier molecular flexibility index (Phi) is 3.79. The second kappa shape index (κ2) is 5.13. The van der Waals surface area contributed by atoms with Crippen LogP contribution in [0.25, 0.3) is 0 Å². The van der Waals surface area contributed by atoms with Gasteiger partial charge >= 0.3 is 0 Å². The Morgan fingerprint density at radius 2 is 2.12 bits per heavy atom. The molecular weight excluding hydrogens is 266 g/mol. The number of rotatable bonds is 3. The van der Waals surface area contributed by atoms with Gasteiger partial charge in [0.1, 0.15) is 12.1 Å². The Morgan fingerprint density at radius 3 is 2.88 bits per heavy atom. The van der Waals surface area contributed by atoms with Crippen molar-refractivity contribution >= 4 is 21.7 Å². The fourth-order valence-electron chi connectivity index (χ4n) is 2.30. The Bertz CT molecular complexity index is 365. The molecule has 0 bridgehead atoms. The van der Waals surface area contributed by atoms with Crippen LogP contribution in [0.1, 0.15) is 31.0 Å². The van der Waals surface area contributed by atoms with Crippen molar-refractivity contribution in [3.8, 4) is 0 Å². The molecule has 1 aliphatic rings. The van der Waals surface area contributed by atoms with Crippen molar-refractivity contribution in [2.45, 2.75) is 37.4 Å². The Hall–Kier alpha value is -0.640. The lowest BCUT2D eigenvalue weighted by Crippen LogP contribution is -2.27. The van der Waals surface area contributed by atoms with Crippen LogP contribution < -0.4 is 4.90 Å². The van der Waals surface area contributed by atoms with Crippen molar-refractivity contribution < 1.29 is 0 Å². The number of aromatic nitrogens is 2. The van der Waals surface area contributed by atoms with E-state index >= 15 is 0 Å².